The number of carbonyl (C=O) groups excluding carboxylic acids is 2. The van der Waals surface area contributed by atoms with Crippen molar-refractivity contribution >= 4 is 45.3 Å². The Morgan fingerprint density at radius 3 is 2.80 bits per heavy atom. The number of imide groups is 1. The lowest BCUT2D eigenvalue weighted by Gasteiger charge is -2.06. The molecule has 0 aliphatic carbocycles. The van der Waals surface area contributed by atoms with Crippen molar-refractivity contribution in [3.8, 4) is 0 Å². The Kier molecular flexibility index (Phi) is 7.01. The molecule has 2 aromatic rings. The van der Waals surface area contributed by atoms with Crippen LogP contribution in [-0.2, 0) is 10.5 Å². The van der Waals surface area contributed by atoms with E-state index < -0.39 is 6.03 Å². The zero-order valence-corrected chi connectivity index (χ0v) is 16.2. The number of fused-ring (bicyclic) bond motifs is 1. The molecule has 3 N–H and O–H groups in total. The largest absolute Gasteiger partial charge is 0.338 e. The third-order valence-electron chi connectivity index (χ3n) is 3.63. The molecule has 0 radical (unpaired) electrons. The van der Waals surface area contributed by atoms with Crippen molar-refractivity contribution in [2.75, 3.05) is 12.3 Å². The zero-order valence-electron chi connectivity index (χ0n) is 14.5. The third-order valence-corrected chi connectivity index (χ3v) is 5.67. The second-order valence-electron chi connectivity index (χ2n) is 5.63. The first-order valence-electron chi connectivity index (χ1n) is 8.06. The van der Waals surface area contributed by atoms with Crippen LogP contribution in [0.5, 0.6) is 0 Å². The molecule has 0 aliphatic heterocycles. The van der Waals surface area contributed by atoms with Crippen LogP contribution in [-0.4, -0.2) is 34.2 Å². The molecular formula is C16H22N4O3S2. The van der Waals surface area contributed by atoms with Crippen molar-refractivity contribution in [1.82, 2.24) is 20.6 Å². The van der Waals surface area contributed by atoms with Crippen LogP contribution >= 0.6 is 23.1 Å². The van der Waals surface area contributed by atoms with E-state index >= 15 is 0 Å². The van der Waals surface area contributed by atoms with Crippen molar-refractivity contribution in [2.45, 2.75) is 39.4 Å². The van der Waals surface area contributed by atoms with Gasteiger partial charge in [0.05, 0.1) is 16.9 Å². The molecule has 0 atom stereocenters. The minimum absolute atomic E-state index is 0.117. The van der Waals surface area contributed by atoms with Gasteiger partial charge < -0.3 is 10.3 Å². The van der Waals surface area contributed by atoms with E-state index in [1.165, 1.54) is 23.1 Å². The van der Waals surface area contributed by atoms with Gasteiger partial charge in [0.2, 0.25) is 5.91 Å². The van der Waals surface area contributed by atoms with Crippen molar-refractivity contribution in [1.29, 1.82) is 0 Å². The summed E-state index contributed by atoms with van der Waals surface area (Å²) in [6.07, 6.45) is 1.85. The lowest BCUT2D eigenvalue weighted by atomic mass is 10.2. The van der Waals surface area contributed by atoms with Crippen LogP contribution in [0, 0.1) is 13.8 Å². The molecule has 0 saturated heterocycles. The van der Waals surface area contributed by atoms with Gasteiger partial charge in [-0.25, -0.2) is 9.78 Å². The molecule has 9 heteroatoms. The number of aromatic nitrogens is 2. The number of nitrogens with one attached hydrogen (secondary N) is 3. The van der Waals surface area contributed by atoms with Crippen molar-refractivity contribution in [3.05, 3.63) is 26.6 Å². The summed E-state index contributed by atoms with van der Waals surface area (Å²) in [4.78, 5) is 44.4. The van der Waals surface area contributed by atoms with Crippen LogP contribution in [0.3, 0.4) is 0 Å². The van der Waals surface area contributed by atoms with E-state index in [0.717, 1.165) is 23.3 Å². The Morgan fingerprint density at radius 2 is 2.08 bits per heavy atom. The molecule has 2 aromatic heterocycles. The highest BCUT2D eigenvalue weighted by molar-refractivity contribution is 7.99. The molecule has 0 aliphatic rings. The zero-order chi connectivity index (χ0) is 18.4. The number of H-pyrrole nitrogens is 1. The monoisotopic (exact) mass is 382 g/mol. The third kappa shape index (κ3) is 5.30. The summed E-state index contributed by atoms with van der Waals surface area (Å²) in [5.74, 6) is 0.673. The van der Waals surface area contributed by atoms with E-state index in [1.54, 1.807) is 0 Å². The average Bonchev–Trinajstić information content (AvgIpc) is 2.82. The molecule has 0 bridgehead atoms. The molecule has 2 heterocycles. The first-order valence-corrected chi connectivity index (χ1v) is 10.0. The van der Waals surface area contributed by atoms with Gasteiger partial charge >= 0.3 is 6.03 Å². The highest BCUT2D eigenvalue weighted by Gasteiger charge is 2.12. The Morgan fingerprint density at radius 1 is 1.32 bits per heavy atom. The van der Waals surface area contributed by atoms with E-state index in [2.05, 4.69) is 20.6 Å². The standard InChI is InChI=1S/C16H22N4O3S2/c1-4-5-6-17-16(23)20-12(21)8-24-7-11-18-14(22)13-9(2)10(3)25-15(13)19-11/h4-8H2,1-3H3,(H,18,19,22)(H2,17,20,21,23). The second kappa shape index (κ2) is 9.00. The molecule has 7 nitrogen and oxygen atoms in total. The second-order valence-corrected chi connectivity index (χ2v) is 7.82. The molecule has 0 spiro atoms. The van der Waals surface area contributed by atoms with E-state index in [9.17, 15) is 14.4 Å². The van der Waals surface area contributed by atoms with E-state index in [0.29, 0.717) is 28.3 Å². The van der Waals surface area contributed by atoms with Gasteiger partial charge in [-0.1, -0.05) is 13.3 Å². The lowest BCUT2D eigenvalue weighted by molar-refractivity contribution is -0.117. The average molecular weight is 383 g/mol. The summed E-state index contributed by atoms with van der Waals surface area (Å²) < 4.78 is 0. The van der Waals surface area contributed by atoms with Gasteiger partial charge in [0.25, 0.3) is 5.56 Å². The predicted molar refractivity (Wildman–Crippen MR) is 102 cm³/mol. The summed E-state index contributed by atoms with van der Waals surface area (Å²) in [7, 11) is 0. The molecule has 0 aromatic carbocycles. The van der Waals surface area contributed by atoms with Crippen LogP contribution in [0.2, 0.25) is 0 Å². The van der Waals surface area contributed by atoms with Crippen LogP contribution < -0.4 is 16.2 Å². The molecule has 3 amide bonds. The van der Waals surface area contributed by atoms with Gasteiger partial charge in [-0.3, -0.25) is 14.9 Å². The maximum absolute atomic E-state index is 12.2. The van der Waals surface area contributed by atoms with Gasteiger partial charge in [-0.15, -0.1) is 23.1 Å². The van der Waals surface area contributed by atoms with Gasteiger partial charge in [-0.2, -0.15) is 0 Å². The predicted octanol–water partition coefficient (Wildman–Crippen LogP) is 2.46. The van der Waals surface area contributed by atoms with Crippen LogP contribution in [0.1, 0.15) is 36.0 Å². The number of nitrogens with zero attached hydrogens (tertiary/aromatic N) is 1. The minimum Gasteiger partial charge on any atom is -0.338 e. The molecule has 136 valence electrons. The van der Waals surface area contributed by atoms with Crippen LogP contribution in [0.15, 0.2) is 4.79 Å². The summed E-state index contributed by atoms with van der Waals surface area (Å²) >= 11 is 2.79. The molecule has 0 saturated carbocycles. The number of aromatic amines is 1. The molecule has 0 fully saturated rings. The topological polar surface area (TPSA) is 104 Å². The van der Waals surface area contributed by atoms with Crippen molar-refractivity contribution in [3.63, 3.8) is 0 Å². The van der Waals surface area contributed by atoms with Gasteiger partial charge in [0.1, 0.15) is 10.7 Å². The first kappa shape index (κ1) is 19.5. The minimum atomic E-state index is -0.475. The number of unbranched alkanes of at least 4 members (excludes halogenated alkanes) is 1. The maximum atomic E-state index is 12.2. The SMILES string of the molecule is CCCCNC(=O)NC(=O)CSCc1nc2sc(C)c(C)c2c(=O)[nH]1. The highest BCUT2D eigenvalue weighted by atomic mass is 32.2. The van der Waals surface area contributed by atoms with Gasteiger partial charge in [-0.05, 0) is 25.8 Å². The number of thioether (sulfide) groups is 1. The Bertz CT molecular complexity index is 829. The number of urea groups is 1. The van der Waals surface area contributed by atoms with Gasteiger partial charge in [0, 0.05) is 11.4 Å². The molecule has 2 rings (SSSR count). The number of hydrogen-bond donors (Lipinski definition) is 3. The smallest absolute Gasteiger partial charge is 0.321 e. The molecule has 0 unspecified atom stereocenters. The first-order chi connectivity index (χ1) is 11.9. The van der Waals surface area contributed by atoms with Crippen molar-refractivity contribution < 1.29 is 9.59 Å². The Labute approximate surface area is 154 Å². The van der Waals surface area contributed by atoms with Gasteiger partial charge in [0.15, 0.2) is 0 Å². The highest BCUT2D eigenvalue weighted by Crippen LogP contribution is 2.26. The fourth-order valence-corrected chi connectivity index (χ4v) is 3.93. The summed E-state index contributed by atoms with van der Waals surface area (Å²) in [5.41, 5.74) is 0.809. The van der Waals surface area contributed by atoms with E-state index in [4.69, 9.17) is 0 Å². The summed E-state index contributed by atoms with van der Waals surface area (Å²) in [6.45, 7) is 6.45. The quantitative estimate of drug-likeness (QED) is 0.638. The number of carbonyl (C=O) groups is 2. The number of thiophene rings is 1. The summed E-state index contributed by atoms with van der Waals surface area (Å²) in [5, 5.41) is 5.53. The fourth-order valence-electron chi connectivity index (χ4n) is 2.19. The number of rotatable bonds is 7. The summed E-state index contributed by atoms with van der Waals surface area (Å²) in [6, 6.07) is -0.475. The van der Waals surface area contributed by atoms with Crippen LogP contribution in [0.25, 0.3) is 10.2 Å². The van der Waals surface area contributed by atoms with E-state index in [1.807, 2.05) is 20.8 Å². The van der Waals surface area contributed by atoms with Crippen LogP contribution in [0.4, 0.5) is 4.79 Å². The molecular weight excluding hydrogens is 360 g/mol. The normalized spacial score (nSPS) is 10.8. The number of hydrogen-bond acceptors (Lipinski definition) is 6. The Balaban J connectivity index is 1.85. The number of amides is 3. The maximum Gasteiger partial charge on any atom is 0.321 e. The fraction of sp³-hybridized carbons (Fsp3) is 0.500. The van der Waals surface area contributed by atoms with E-state index in [-0.39, 0.29) is 17.2 Å². The lowest BCUT2D eigenvalue weighted by Crippen LogP contribution is -2.40. The number of aryl methyl sites for hydroxylation is 2. The molecule has 25 heavy (non-hydrogen) atoms. The Hall–Kier alpha value is -1.87. The van der Waals surface area contributed by atoms with Crippen molar-refractivity contribution in [2.24, 2.45) is 0 Å².